The van der Waals surface area contributed by atoms with Crippen LogP contribution >= 0.6 is 11.6 Å². The van der Waals surface area contributed by atoms with Gasteiger partial charge in [0, 0.05) is 37.7 Å². The van der Waals surface area contributed by atoms with Gasteiger partial charge in [-0.15, -0.1) is 11.6 Å². The van der Waals surface area contributed by atoms with Crippen molar-refractivity contribution >= 4 is 11.6 Å². The van der Waals surface area contributed by atoms with Gasteiger partial charge in [-0.2, -0.15) is 0 Å². The molecule has 0 saturated carbocycles. The number of halogens is 1. The number of ether oxygens (including phenoxy) is 2. The minimum atomic E-state index is 0.418. The molecule has 0 aliphatic carbocycles. The van der Waals surface area contributed by atoms with Gasteiger partial charge in [-0.3, -0.25) is 4.90 Å². The van der Waals surface area contributed by atoms with E-state index in [9.17, 15) is 0 Å². The van der Waals surface area contributed by atoms with E-state index >= 15 is 0 Å². The first kappa shape index (κ1) is 13.6. The van der Waals surface area contributed by atoms with Crippen molar-refractivity contribution in [3.63, 3.8) is 0 Å². The van der Waals surface area contributed by atoms with Crippen LogP contribution < -0.4 is 0 Å². The molecule has 0 spiro atoms. The van der Waals surface area contributed by atoms with Crippen molar-refractivity contribution in [2.75, 3.05) is 33.5 Å². The second-order valence-electron chi connectivity index (χ2n) is 5.15. The number of methoxy groups -OCH3 is 1. The number of hydrogen-bond acceptors (Lipinski definition) is 3. The number of piperidine rings is 1. The van der Waals surface area contributed by atoms with Crippen molar-refractivity contribution in [1.82, 2.24) is 4.90 Å². The summed E-state index contributed by atoms with van der Waals surface area (Å²) in [5.41, 5.74) is 0. The monoisotopic (exact) mass is 261 g/mol. The molecule has 2 unspecified atom stereocenters. The summed E-state index contributed by atoms with van der Waals surface area (Å²) in [5.74, 6) is 0. The Morgan fingerprint density at radius 2 is 1.82 bits per heavy atom. The van der Waals surface area contributed by atoms with Crippen LogP contribution in [0.2, 0.25) is 0 Å². The summed E-state index contributed by atoms with van der Waals surface area (Å²) in [5, 5.41) is 0.418. The maximum atomic E-state index is 6.26. The molecule has 2 fully saturated rings. The molecule has 2 saturated heterocycles. The van der Waals surface area contributed by atoms with Gasteiger partial charge in [0.05, 0.1) is 13.2 Å². The molecule has 4 heteroatoms. The van der Waals surface area contributed by atoms with Crippen molar-refractivity contribution in [2.24, 2.45) is 0 Å². The molecule has 0 amide bonds. The molecule has 2 atom stereocenters. The highest BCUT2D eigenvalue weighted by atomic mass is 35.5. The molecular formula is C13H24ClNO2. The molecule has 2 aliphatic rings. The van der Waals surface area contributed by atoms with Gasteiger partial charge < -0.3 is 9.47 Å². The molecule has 2 aliphatic heterocycles. The van der Waals surface area contributed by atoms with Gasteiger partial charge in [0.2, 0.25) is 0 Å². The molecular weight excluding hydrogens is 238 g/mol. The van der Waals surface area contributed by atoms with Gasteiger partial charge in [-0.1, -0.05) is 0 Å². The fourth-order valence-electron chi connectivity index (χ4n) is 3.17. The zero-order chi connectivity index (χ0) is 12.1. The van der Waals surface area contributed by atoms with E-state index in [1.54, 1.807) is 7.11 Å². The lowest BCUT2D eigenvalue weighted by atomic mass is 10.0. The van der Waals surface area contributed by atoms with E-state index in [-0.39, 0.29) is 0 Å². The van der Waals surface area contributed by atoms with Crippen molar-refractivity contribution in [3.8, 4) is 0 Å². The Morgan fingerprint density at radius 3 is 2.47 bits per heavy atom. The van der Waals surface area contributed by atoms with Gasteiger partial charge in [0.1, 0.15) is 0 Å². The Morgan fingerprint density at radius 1 is 1.12 bits per heavy atom. The maximum Gasteiger partial charge on any atom is 0.0700 e. The van der Waals surface area contributed by atoms with Crippen LogP contribution in [-0.2, 0) is 9.47 Å². The third-order valence-corrected chi connectivity index (χ3v) is 4.32. The molecule has 0 N–H and O–H groups in total. The summed E-state index contributed by atoms with van der Waals surface area (Å²) in [6.45, 7) is 3.44. The van der Waals surface area contributed by atoms with Gasteiger partial charge in [-0.05, 0) is 32.1 Å². The Bertz CT molecular complexity index is 213. The van der Waals surface area contributed by atoms with Crippen LogP contribution in [0.5, 0.6) is 0 Å². The average molecular weight is 262 g/mol. The Balaban J connectivity index is 1.60. The van der Waals surface area contributed by atoms with Crippen molar-refractivity contribution in [1.29, 1.82) is 0 Å². The zero-order valence-electron chi connectivity index (χ0n) is 10.7. The molecule has 0 aromatic rings. The van der Waals surface area contributed by atoms with Crippen LogP contribution in [0.15, 0.2) is 0 Å². The van der Waals surface area contributed by atoms with Crippen molar-refractivity contribution < 1.29 is 9.47 Å². The smallest absolute Gasteiger partial charge is 0.0700 e. The number of alkyl halides is 1. The van der Waals surface area contributed by atoms with E-state index in [2.05, 4.69) is 4.90 Å². The Hall–Kier alpha value is 0.170. The summed E-state index contributed by atoms with van der Waals surface area (Å²) in [6, 6.07) is 1.49. The van der Waals surface area contributed by atoms with E-state index in [4.69, 9.17) is 21.1 Å². The lowest BCUT2D eigenvalue weighted by molar-refractivity contribution is 0.0586. The fourth-order valence-corrected chi connectivity index (χ4v) is 3.58. The van der Waals surface area contributed by atoms with Crippen LogP contribution in [0.25, 0.3) is 0 Å². The summed E-state index contributed by atoms with van der Waals surface area (Å²) in [7, 11) is 1.71. The van der Waals surface area contributed by atoms with Crippen LogP contribution in [0.4, 0.5) is 0 Å². The molecule has 2 bridgehead atoms. The summed E-state index contributed by atoms with van der Waals surface area (Å²) in [6.07, 6.45) is 6.19. The maximum absolute atomic E-state index is 6.26. The van der Waals surface area contributed by atoms with E-state index in [0.29, 0.717) is 18.6 Å². The summed E-state index contributed by atoms with van der Waals surface area (Å²) in [4.78, 5) is 2.67. The number of fused-ring (bicyclic) bond motifs is 2. The minimum absolute atomic E-state index is 0.418. The Kier molecular flexibility index (Phi) is 5.54. The average Bonchev–Trinajstić information content (AvgIpc) is 2.56. The topological polar surface area (TPSA) is 21.7 Å². The van der Waals surface area contributed by atoms with Gasteiger partial charge >= 0.3 is 0 Å². The molecule has 2 rings (SSSR count). The van der Waals surface area contributed by atoms with Crippen molar-refractivity contribution in [2.45, 2.75) is 49.6 Å². The van der Waals surface area contributed by atoms with Crippen molar-refractivity contribution in [3.05, 3.63) is 0 Å². The van der Waals surface area contributed by atoms with Gasteiger partial charge in [-0.25, -0.2) is 0 Å². The second-order valence-corrected chi connectivity index (χ2v) is 5.77. The molecule has 100 valence electrons. The largest absolute Gasteiger partial charge is 0.382 e. The molecule has 3 nitrogen and oxygen atoms in total. The summed E-state index contributed by atoms with van der Waals surface area (Å²) < 4.78 is 10.4. The van der Waals surface area contributed by atoms with E-state index in [0.717, 1.165) is 25.1 Å². The summed E-state index contributed by atoms with van der Waals surface area (Å²) >= 11 is 6.26. The molecule has 2 heterocycles. The van der Waals surface area contributed by atoms with Crippen LogP contribution in [0.1, 0.15) is 32.1 Å². The van der Waals surface area contributed by atoms with Crippen LogP contribution in [0.3, 0.4) is 0 Å². The first-order valence-corrected chi connectivity index (χ1v) is 7.21. The predicted octanol–water partition coefficient (Wildman–Crippen LogP) is 2.27. The van der Waals surface area contributed by atoms with Gasteiger partial charge in [0.25, 0.3) is 0 Å². The van der Waals surface area contributed by atoms with Crippen LogP contribution in [-0.4, -0.2) is 55.8 Å². The fraction of sp³-hybridized carbons (Fsp3) is 1.00. The first-order chi connectivity index (χ1) is 8.31. The third kappa shape index (κ3) is 3.82. The van der Waals surface area contributed by atoms with E-state index in [1.165, 1.54) is 32.2 Å². The number of nitrogens with zero attached hydrogens (tertiary/aromatic N) is 1. The second kappa shape index (κ2) is 6.93. The first-order valence-electron chi connectivity index (χ1n) is 6.77. The predicted molar refractivity (Wildman–Crippen MR) is 69.7 cm³/mol. The van der Waals surface area contributed by atoms with Gasteiger partial charge in [0.15, 0.2) is 0 Å². The molecule has 0 aromatic heterocycles. The standard InChI is InChI=1S/C13H24ClNO2/c1-16-7-8-17-6-2-5-15-12-3-4-13(15)10-11(14)9-12/h11-13H,2-10H2,1H3. The molecule has 0 aromatic carbocycles. The highest BCUT2D eigenvalue weighted by Crippen LogP contribution is 2.37. The number of rotatable bonds is 7. The normalized spacial score (nSPS) is 33.2. The highest BCUT2D eigenvalue weighted by Gasteiger charge is 2.39. The lowest BCUT2D eigenvalue weighted by Gasteiger charge is -2.36. The molecule has 17 heavy (non-hydrogen) atoms. The SMILES string of the molecule is COCCOCCCN1C2CCC1CC(Cl)C2. The van der Waals surface area contributed by atoms with Crippen LogP contribution in [0, 0.1) is 0 Å². The Labute approximate surface area is 109 Å². The zero-order valence-corrected chi connectivity index (χ0v) is 11.5. The minimum Gasteiger partial charge on any atom is -0.382 e. The lowest BCUT2D eigenvalue weighted by Crippen LogP contribution is -2.43. The van der Waals surface area contributed by atoms with E-state index in [1.807, 2.05) is 0 Å². The number of hydrogen-bond donors (Lipinski definition) is 0. The highest BCUT2D eigenvalue weighted by molar-refractivity contribution is 6.20. The quantitative estimate of drug-likeness (QED) is 0.518. The third-order valence-electron chi connectivity index (χ3n) is 3.96. The van der Waals surface area contributed by atoms with E-state index < -0.39 is 0 Å². The molecule has 0 radical (unpaired) electrons.